The Bertz CT molecular complexity index is 195. The van der Waals surface area contributed by atoms with Crippen molar-refractivity contribution in [3.63, 3.8) is 0 Å². The molecule has 2 fully saturated rings. The molecule has 1 saturated heterocycles. The second kappa shape index (κ2) is 1.84. The van der Waals surface area contributed by atoms with Crippen molar-refractivity contribution in [2.24, 2.45) is 11.8 Å². The van der Waals surface area contributed by atoms with Gasteiger partial charge in [-0.1, -0.05) is 12.2 Å². The maximum atomic E-state index is 10.9. The maximum absolute atomic E-state index is 10.9. The predicted octanol–water partition coefficient (Wildman–Crippen LogP) is 1.13. The van der Waals surface area contributed by atoms with Gasteiger partial charge in [0.15, 0.2) is 0 Å². The van der Waals surface area contributed by atoms with E-state index in [4.69, 9.17) is 4.74 Å². The van der Waals surface area contributed by atoms with Gasteiger partial charge < -0.3 is 4.74 Å². The first-order valence-electron chi connectivity index (χ1n) is 3.60. The lowest BCUT2D eigenvalue weighted by Gasteiger charge is -1.97. The number of fused-ring (bicyclic) bond motifs is 1. The topological polar surface area (TPSA) is 26.3 Å². The SMILES string of the molecule is C=C1C[C@@H]2COC(=O)[C@H]2C1. The molecule has 0 spiro atoms. The first-order chi connectivity index (χ1) is 4.77. The quantitative estimate of drug-likeness (QED) is 0.370. The van der Waals surface area contributed by atoms with Crippen LogP contribution in [0.3, 0.4) is 0 Å². The summed E-state index contributed by atoms with van der Waals surface area (Å²) in [5.74, 6) is 0.608. The molecule has 54 valence electrons. The number of cyclic esters (lactones) is 1. The van der Waals surface area contributed by atoms with E-state index in [1.807, 2.05) is 0 Å². The summed E-state index contributed by atoms with van der Waals surface area (Å²) in [5, 5.41) is 0. The molecule has 0 radical (unpaired) electrons. The Kier molecular flexibility index (Phi) is 1.10. The van der Waals surface area contributed by atoms with E-state index >= 15 is 0 Å². The fourth-order valence-corrected chi connectivity index (χ4v) is 1.82. The minimum Gasteiger partial charge on any atom is -0.465 e. The van der Waals surface area contributed by atoms with E-state index in [1.165, 1.54) is 5.57 Å². The molecule has 1 aliphatic carbocycles. The molecule has 0 amide bonds. The molecule has 2 aliphatic rings. The van der Waals surface area contributed by atoms with Crippen LogP contribution in [-0.4, -0.2) is 12.6 Å². The highest BCUT2D eigenvalue weighted by Crippen LogP contribution is 2.39. The van der Waals surface area contributed by atoms with Gasteiger partial charge in [-0.05, 0) is 12.8 Å². The summed E-state index contributed by atoms with van der Waals surface area (Å²) < 4.78 is 4.89. The van der Waals surface area contributed by atoms with E-state index in [9.17, 15) is 4.79 Å². The van der Waals surface area contributed by atoms with E-state index in [1.54, 1.807) is 0 Å². The van der Waals surface area contributed by atoms with Crippen molar-refractivity contribution in [1.29, 1.82) is 0 Å². The van der Waals surface area contributed by atoms with Gasteiger partial charge in [0, 0.05) is 5.92 Å². The van der Waals surface area contributed by atoms with Crippen molar-refractivity contribution in [2.75, 3.05) is 6.61 Å². The molecule has 10 heavy (non-hydrogen) atoms. The fourth-order valence-electron chi connectivity index (χ4n) is 1.82. The van der Waals surface area contributed by atoms with E-state index in [0.29, 0.717) is 12.5 Å². The molecule has 1 heterocycles. The Hall–Kier alpha value is -0.790. The lowest BCUT2D eigenvalue weighted by molar-refractivity contribution is -0.141. The monoisotopic (exact) mass is 138 g/mol. The van der Waals surface area contributed by atoms with Gasteiger partial charge in [0.2, 0.25) is 0 Å². The molecule has 2 rings (SSSR count). The molecule has 2 heteroatoms. The minimum atomic E-state index is -0.0105. The third-order valence-electron chi connectivity index (χ3n) is 2.37. The van der Waals surface area contributed by atoms with E-state index in [2.05, 4.69) is 6.58 Å². The van der Waals surface area contributed by atoms with Crippen LogP contribution in [0.15, 0.2) is 12.2 Å². The average molecular weight is 138 g/mol. The van der Waals surface area contributed by atoms with Crippen LogP contribution in [0, 0.1) is 11.8 Å². The number of carbonyl (C=O) groups excluding carboxylic acids is 1. The van der Waals surface area contributed by atoms with Crippen molar-refractivity contribution in [3.05, 3.63) is 12.2 Å². The van der Waals surface area contributed by atoms with E-state index in [-0.39, 0.29) is 11.9 Å². The molecule has 0 unspecified atom stereocenters. The van der Waals surface area contributed by atoms with Gasteiger partial charge in [-0.2, -0.15) is 0 Å². The predicted molar refractivity (Wildman–Crippen MR) is 36.3 cm³/mol. The molecule has 0 aromatic carbocycles. The summed E-state index contributed by atoms with van der Waals surface area (Å²) in [4.78, 5) is 10.9. The van der Waals surface area contributed by atoms with Gasteiger partial charge >= 0.3 is 5.97 Å². The summed E-state index contributed by atoms with van der Waals surface area (Å²) in [6, 6.07) is 0. The van der Waals surface area contributed by atoms with Crippen LogP contribution >= 0.6 is 0 Å². The first kappa shape index (κ1) is 5.96. The largest absolute Gasteiger partial charge is 0.465 e. The van der Waals surface area contributed by atoms with Crippen molar-refractivity contribution >= 4 is 5.97 Å². The molecular formula is C8H10O2. The standard InChI is InChI=1S/C8H10O2/c1-5-2-6-4-10-8(9)7(6)3-5/h6-7H,1-4H2/t6-,7+/m1/s1. The van der Waals surface area contributed by atoms with Crippen LogP contribution in [0.1, 0.15) is 12.8 Å². The molecule has 0 N–H and O–H groups in total. The lowest BCUT2D eigenvalue weighted by atomic mass is 10.0. The Morgan fingerprint density at radius 3 is 3.00 bits per heavy atom. The fraction of sp³-hybridized carbons (Fsp3) is 0.625. The van der Waals surface area contributed by atoms with Crippen LogP contribution < -0.4 is 0 Å². The van der Waals surface area contributed by atoms with Crippen molar-refractivity contribution < 1.29 is 9.53 Å². The number of carbonyl (C=O) groups is 1. The molecule has 2 nitrogen and oxygen atoms in total. The number of rotatable bonds is 0. The third kappa shape index (κ3) is 0.681. The Morgan fingerprint density at radius 1 is 1.50 bits per heavy atom. The summed E-state index contributed by atoms with van der Waals surface area (Å²) in [5.41, 5.74) is 1.21. The van der Waals surface area contributed by atoms with Gasteiger partial charge in [0.1, 0.15) is 0 Å². The van der Waals surface area contributed by atoms with E-state index < -0.39 is 0 Å². The molecule has 1 saturated carbocycles. The zero-order valence-corrected chi connectivity index (χ0v) is 5.80. The van der Waals surface area contributed by atoms with Crippen molar-refractivity contribution in [2.45, 2.75) is 12.8 Å². The number of ether oxygens (including phenoxy) is 1. The normalized spacial score (nSPS) is 38.0. The summed E-state index contributed by atoms with van der Waals surface area (Å²) in [6.07, 6.45) is 1.86. The molecule has 0 aromatic heterocycles. The first-order valence-corrected chi connectivity index (χ1v) is 3.60. The van der Waals surface area contributed by atoms with Crippen LogP contribution in [0.4, 0.5) is 0 Å². The third-order valence-corrected chi connectivity index (χ3v) is 2.37. The zero-order valence-electron chi connectivity index (χ0n) is 5.80. The Balaban J connectivity index is 2.19. The highest BCUT2D eigenvalue weighted by molar-refractivity contribution is 5.75. The second-order valence-electron chi connectivity index (χ2n) is 3.15. The van der Waals surface area contributed by atoms with E-state index in [0.717, 1.165) is 12.8 Å². The van der Waals surface area contributed by atoms with Crippen LogP contribution in [-0.2, 0) is 9.53 Å². The highest BCUT2D eigenvalue weighted by Gasteiger charge is 2.41. The second-order valence-corrected chi connectivity index (χ2v) is 3.15. The van der Waals surface area contributed by atoms with Gasteiger partial charge in [0.05, 0.1) is 12.5 Å². The van der Waals surface area contributed by atoms with Crippen molar-refractivity contribution in [1.82, 2.24) is 0 Å². The Labute approximate surface area is 59.9 Å². The molecular weight excluding hydrogens is 128 g/mol. The molecule has 0 aromatic rings. The zero-order chi connectivity index (χ0) is 7.14. The van der Waals surface area contributed by atoms with Crippen LogP contribution in [0.5, 0.6) is 0 Å². The number of esters is 1. The highest BCUT2D eigenvalue weighted by atomic mass is 16.5. The summed E-state index contributed by atoms with van der Waals surface area (Å²) >= 11 is 0. The Morgan fingerprint density at radius 2 is 2.30 bits per heavy atom. The van der Waals surface area contributed by atoms with Gasteiger partial charge in [0.25, 0.3) is 0 Å². The average Bonchev–Trinajstić information content (AvgIpc) is 2.35. The van der Waals surface area contributed by atoms with Crippen molar-refractivity contribution in [3.8, 4) is 0 Å². The molecule has 0 bridgehead atoms. The lowest BCUT2D eigenvalue weighted by Crippen LogP contribution is -2.07. The molecule has 2 atom stereocenters. The smallest absolute Gasteiger partial charge is 0.309 e. The van der Waals surface area contributed by atoms with Gasteiger partial charge in [-0.3, -0.25) is 4.79 Å². The number of hydrogen-bond acceptors (Lipinski definition) is 2. The van der Waals surface area contributed by atoms with Crippen LogP contribution in [0.2, 0.25) is 0 Å². The summed E-state index contributed by atoms with van der Waals surface area (Å²) in [6.45, 7) is 4.49. The van der Waals surface area contributed by atoms with Gasteiger partial charge in [-0.15, -0.1) is 0 Å². The maximum Gasteiger partial charge on any atom is 0.309 e. The number of allylic oxidation sites excluding steroid dienone is 1. The molecule has 1 aliphatic heterocycles. The summed E-state index contributed by atoms with van der Waals surface area (Å²) in [7, 11) is 0. The number of hydrogen-bond donors (Lipinski definition) is 0. The minimum absolute atomic E-state index is 0.0105. The van der Waals surface area contributed by atoms with Gasteiger partial charge in [-0.25, -0.2) is 0 Å². The van der Waals surface area contributed by atoms with Crippen LogP contribution in [0.25, 0.3) is 0 Å².